The molecule has 152 valence electrons. The summed E-state index contributed by atoms with van der Waals surface area (Å²) in [4.78, 5) is 9.57. The maximum absolute atomic E-state index is 13.3. The predicted molar refractivity (Wildman–Crippen MR) is 103 cm³/mol. The molecule has 9 heteroatoms. The maximum Gasteiger partial charge on any atom is 0.246 e. The number of aromatic nitrogens is 4. The second-order valence-corrected chi connectivity index (χ2v) is 9.92. The highest BCUT2D eigenvalue weighted by molar-refractivity contribution is 7.89. The lowest BCUT2D eigenvalue weighted by Crippen LogP contribution is -2.52. The van der Waals surface area contributed by atoms with Crippen molar-refractivity contribution in [1.29, 1.82) is 0 Å². The first-order chi connectivity index (χ1) is 13.2. The molecule has 2 aliphatic rings. The number of sulfonamides is 1. The largest absolute Gasteiger partial charge is 0.367 e. The van der Waals surface area contributed by atoms with Crippen LogP contribution in [0.25, 0.3) is 0 Å². The Morgan fingerprint density at radius 3 is 2.75 bits per heavy atom. The van der Waals surface area contributed by atoms with Crippen molar-refractivity contribution in [3.8, 4) is 0 Å². The van der Waals surface area contributed by atoms with Gasteiger partial charge in [-0.2, -0.15) is 9.40 Å². The summed E-state index contributed by atoms with van der Waals surface area (Å²) < 4.78 is 36.0. The molecule has 28 heavy (non-hydrogen) atoms. The van der Waals surface area contributed by atoms with Gasteiger partial charge in [-0.3, -0.25) is 4.68 Å². The summed E-state index contributed by atoms with van der Waals surface area (Å²) in [5.41, 5.74) is 1.85. The van der Waals surface area contributed by atoms with E-state index in [4.69, 9.17) is 9.72 Å². The Hall–Kier alpha value is -1.84. The van der Waals surface area contributed by atoms with E-state index in [1.807, 2.05) is 6.20 Å². The van der Waals surface area contributed by atoms with E-state index in [0.717, 1.165) is 36.3 Å². The zero-order valence-electron chi connectivity index (χ0n) is 16.8. The van der Waals surface area contributed by atoms with Gasteiger partial charge in [0, 0.05) is 32.3 Å². The molecule has 4 heterocycles. The van der Waals surface area contributed by atoms with Crippen LogP contribution in [0.4, 0.5) is 0 Å². The highest BCUT2D eigenvalue weighted by Crippen LogP contribution is 2.41. The van der Waals surface area contributed by atoms with Crippen LogP contribution < -0.4 is 0 Å². The lowest BCUT2D eigenvalue weighted by Gasteiger charge is -2.44. The molecule has 0 amide bonds. The van der Waals surface area contributed by atoms with E-state index in [9.17, 15) is 8.42 Å². The Kier molecular flexibility index (Phi) is 4.79. The third-order valence-corrected chi connectivity index (χ3v) is 7.76. The first-order valence-corrected chi connectivity index (χ1v) is 11.2. The number of hydrogen-bond donors (Lipinski definition) is 0. The summed E-state index contributed by atoms with van der Waals surface area (Å²) in [6, 6.07) is 0. The minimum Gasteiger partial charge on any atom is -0.367 e. The summed E-state index contributed by atoms with van der Waals surface area (Å²) in [5, 5.41) is 4.11. The zero-order chi connectivity index (χ0) is 20.1. The first-order valence-electron chi connectivity index (χ1n) is 9.73. The van der Waals surface area contributed by atoms with Crippen LogP contribution in [-0.4, -0.2) is 52.2 Å². The summed E-state index contributed by atoms with van der Waals surface area (Å²) in [6.45, 7) is 7.18. The average Bonchev–Trinajstić information content (AvgIpc) is 3.01. The number of nitrogens with zero attached hydrogens (tertiary/aromatic N) is 5. The van der Waals surface area contributed by atoms with Crippen LogP contribution in [0.15, 0.2) is 17.3 Å². The first kappa shape index (κ1) is 19.5. The van der Waals surface area contributed by atoms with Crippen LogP contribution in [0.2, 0.25) is 0 Å². The molecule has 0 radical (unpaired) electrons. The normalized spacial score (nSPS) is 23.3. The average molecular weight is 406 g/mol. The minimum atomic E-state index is -3.65. The lowest BCUT2D eigenvalue weighted by molar-refractivity contribution is -0.0936. The van der Waals surface area contributed by atoms with Gasteiger partial charge in [0.05, 0.1) is 24.2 Å². The quantitative estimate of drug-likeness (QED) is 0.775. The van der Waals surface area contributed by atoms with Gasteiger partial charge in [-0.15, -0.1) is 0 Å². The number of ether oxygens (including phenoxy) is 1. The van der Waals surface area contributed by atoms with Gasteiger partial charge in [0.2, 0.25) is 10.0 Å². The van der Waals surface area contributed by atoms with Crippen molar-refractivity contribution in [3.05, 3.63) is 35.2 Å². The molecule has 1 fully saturated rings. The number of rotatable bonds is 3. The molecule has 1 atom stereocenters. The van der Waals surface area contributed by atoms with Gasteiger partial charge in [0.1, 0.15) is 16.3 Å². The monoisotopic (exact) mass is 405 g/mol. The van der Waals surface area contributed by atoms with Crippen molar-refractivity contribution in [2.24, 2.45) is 7.05 Å². The predicted octanol–water partition coefficient (Wildman–Crippen LogP) is 1.89. The highest BCUT2D eigenvalue weighted by atomic mass is 32.2. The Morgan fingerprint density at radius 2 is 2.07 bits per heavy atom. The van der Waals surface area contributed by atoms with Crippen molar-refractivity contribution in [2.75, 3.05) is 19.7 Å². The van der Waals surface area contributed by atoms with E-state index in [1.165, 1.54) is 10.5 Å². The molecular formula is C19H27N5O3S. The van der Waals surface area contributed by atoms with Gasteiger partial charge in [-0.25, -0.2) is 18.4 Å². The molecule has 2 aliphatic heterocycles. The van der Waals surface area contributed by atoms with Crippen LogP contribution in [0, 0.1) is 6.92 Å². The Labute approximate surface area is 166 Å². The van der Waals surface area contributed by atoms with Crippen LogP contribution in [0.3, 0.4) is 0 Å². The van der Waals surface area contributed by atoms with E-state index in [-0.39, 0.29) is 17.4 Å². The van der Waals surface area contributed by atoms with Gasteiger partial charge in [-0.05, 0) is 31.7 Å². The van der Waals surface area contributed by atoms with E-state index in [1.54, 1.807) is 18.7 Å². The van der Waals surface area contributed by atoms with Gasteiger partial charge in [0.25, 0.3) is 0 Å². The molecule has 2 aromatic rings. The molecule has 0 N–H and O–H groups in total. The van der Waals surface area contributed by atoms with E-state index >= 15 is 0 Å². The number of fused-ring (bicyclic) bond motifs is 2. The third kappa shape index (κ3) is 3.05. The molecule has 1 spiro atoms. The van der Waals surface area contributed by atoms with Crippen LogP contribution in [0.1, 0.15) is 55.4 Å². The molecule has 0 aliphatic carbocycles. The lowest BCUT2D eigenvalue weighted by atomic mass is 9.85. The fourth-order valence-electron chi connectivity index (χ4n) is 4.07. The van der Waals surface area contributed by atoms with Crippen molar-refractivity contribution in [1.82, 2.24) is 24.1 Å². The van der Waals surface area contributed by atoms with Crippen LogP contribution >= 0.6 is 0 Å². The van der Waals surface area contributed by atoms with E-state index < -0.39 is 15.6 Å². The zero-order valence-corrected chi connectivity index (χ0v) is 17.7. The van der Waals surface area contributed by atoms with Gasteiger partial charge < -0.3 is 4.74 Å². The highest BCUT2D eigenvalue weighted by Gasteiger charge is 2.46. The van der Waals surface area contributed by atoms with Gasteiger partial charge in [-0.1, -0.05) is 13.8 Å². The van der Waals surface area contributed by atoms with Gasteiger partial charge >= 0.3 is 0 Å². The van der Waals surface area contributed by atoms with Crippen LogP contribution in [-0.2, 0) is 33.8 Å². The molecule has 8 nitrogen and oxygen atoms in total. The SMILES string of the molecule is Cc1c(S(=O)(=O)N2CCC[C@@]3(C2)OCCc2cnc(C(C)C)nc23)cnn1C. The molecule has 1 saturated heterocycles. The summed E-state index contributed by atoms with van der Waals surface area (Å²) >= 11 is 0. The maximum atomic E-state index is 13.3. The van der Waals surface area contributed by atoms with E-state index in [2.05, 4.69) is 23.9 Å². The molecule has 4 rings (SSSR count). The number of hydrogen-bond acceptors (Lipinski definition) is 6. The van der Waals surface area contributed by atoms with Crippen LogP contribution in [0.5, 0.6) is 0 Å². The second-order valence-electron chi connectivity index (χ2n) is 8.01. The summed E-state index contributed by atoms with van der Waals surface area (Å²) in [5.74, 6) is 0.970. The van der Waals surface area contributed by atoms with Gasteiger partial charge in [0.15, 0.2) is 0 Å². The topological polar surface area (TPSA) is 90.2 Å². The van der Waals surface area contributed by atoms with Crippen molar-refractivity contribution >= 4 is 10.0 Å². The molecular weight excluding hydrogens is 378 g/mol. The fourth-order valence-corrected chi connectivity index (χ4v) is 5.78. The Balaban J connectivity index is 1.74. The third-order valence-electron chi connectivity index (χ3n) is 5.81. The Morgan fingerprint density at radius 1 is 1.29 bits per heavy atom. The van der Waals surface area contributed by atoms with E-state index in [0.29, 0.717) is 18.8 Å². The molecule has 2 aromatic heterocycles. The standard InChI is InChI=1S/C19H27N5O3S/c1-13(2)18-20-10-15-6-9-27-19(17(15)22-18)7-5-8-24(12-19)28(25,26)16-11-21-23(4)14(16)3/h10-11,13H,5-9,12H2,1-4H3/t19-/m0/s1. The Bertz CT molecular complexity index is 1000. The molecule has 0 bridgehead atoms. The fraction of sp³-hybridized carbons (Fsp3) is 0.632. The molecule has 0 unspecified atom stereocenters. The van der Waals surface area contributed by atoms with Crippen molar-refractivity contribution in [2.45, 2.75) is 56.4 Å². The molecule has 0 saturated carbocycles. The minimum absolute atomic E-state index is 0.200. The van der Waals surface area contributed by atoms with Crippen molar-refractivity contribution in [3.63, 3.8) is 0 Å². The second kappa shape index (κ2) is 6.89. The molecule has 0 aromatic carbocycles. The number of piperidine rings is 1. The summed E-state index contributed by atoms with van der Waals surface area (Å²) in [6.07, 6.45) is 5.55. The van der Waals surface area contributed by atoms with Crippen molar-refractivity contribution < 1.29 is 13.2 Å². The summed E-state index contributed by atoms with van der Waals surface area (Å²) in [7, 11) is -1.90. The number of aryl methyl sites for hydroxylation is 1. The smallest absolute Gasteiger partial charge is 0.246 e.